The quantitative estimate of drug-likeness (QED) is 0.380. The van der Waals surface area contributed by atoms with Crippen LogP contribution in [0.5, 0.6) is 0 Å². The molecule has 4 aromatic heterocycles. The second-order valence-electron chi connectivity index (χ2n) is 8.91. The predicted octanol–water partition coefficient (Wildman–Crippen LogP) is 4.10. The summed E-state index contributed by atoms with van der Waals surface area (Å²) in [5.74, 6) is -0.178. The molecule has 4 heterocycles. The molecular formula is C27H26N6O2S. The van der Waals surface area contributed by atoms with E-state index in [1.165, 1.54) is 21.3 Å². The van der Waals surface area contributed by atoms with Crippen LogP contribution in [0, 0.1) is 27.7 Å². The number of hydrogen-bond acceptors (Lipinski definition) is 6. The Morgan fingerprint density at radius 2 is 1.94 bits per heavy atom. The lowest BCUT2D eigenvalue weighted by molar-refractivity contribution is -0.120. The molecule has 1 N–H and O–H groups in total. The van der Waals surface area contributed by atoms with E-state index in [4.69, 9.17) is 5.10 Å². The number of benzene rings is 1. The Bertz CT molecular complexity index is 1650. The van der Waals surface area contributed by atoms with Crippen LogP contribution >= 0.6 is 11.3 Å². The summed E-state index contributed by atoms with van der Waals surface area (Å²) in [7, 11) is 0. The molecule has 0 saturated carbocycles. The normalized spacial score (nSPS) is 11.2. The highest BCUT2D eigenvalue weighted by Gasteiger charge is 2.20. The number of nitrogens with zero attached hydrogens (tertiary/aromatic N) is 5. The molecular weight excluding hydrogens is 472 g/mol. The summed E-state index contributed by atoms with van der Waals surface area (Å²) >= 11 is 1.35. The first-order valence-corrected chi connectivity index (χ1v) is 12.5. The molecule has 0 aliphatic carbocycles. The second-order valence-corrected chi connectivity index (χ2v) is 9.75. The van der Waals surface area contributed by atoms with Crippen LogP contribution < -0.4 is 10.9 Å². The molecule has 1 aromatic carbocycles. The van der Waals surface area contributed by atoms with Gasteiger partial charge in [-0.15, -0.1) is 11.3 Å². The summed E-state index contributed by atoms with van der Waals surface area (Å²) in [6.07, 6.45) is 3.47. The number of thiazole rings is 1. The van der Waals surface area contributed by atoms with Gasteiger partial charge in [0.2, 0.25) is 5.91 Å². The maximum Gasteiger partial charge on any atom is 0.268 e. The number of aryl methyl sites for hydroxylation is 4. The summed E-state index contributed by atoms with van der Waals surface area (Å²) in [5, 5.41) is 9.50. The van der Waals surface area contributed by atoms with Crippen molar-refractivity contribution in [3.8, 4) is 16.9 Å². The number of pyridine rings is 1. The average molecular weight is 499 g/mol. The van der Waals surface area contributed by atoms with Crippen molar-refractivity contribution < 1.29 is 4.79 Å². The van der Waals surface area contributed by atoms with Crippen molar-refractivity contribution in [3.63, 3.8) is 0 Å². The molecule has 5 rings (SSSR count). The van der Waals surface area contributed by atoms with E-state index in [1.54, 1.807) is 12.4 Å². The number of amides is 1. The van der Waals surface area contributed by atoms with E-state index in [2.05, 4.69) is 28.3 Å². The number of rotatable bonds is 6. The standard InChI is InChI=1S/C27H26N6O2S/c1-16-7-8-23(17(2)10-16)33-18(3)11-22(31-33)25-19(4)30-27-32(26(25)35)21(15-36-27)12-24(34)29-14-20-6-5-9-28-13-20/h5-11,13,15H,12,14H2,1-4H3,(H,29,34). The van der Waals surface area contributed by atoms with Crippen LogP contribution in [0.15, 0.2) is 59.0 Å². The Hall–Kier alpha value is -4.11. The minimum Gasteiger partial charge on any atom is -0.352 e. The SMILES string of the molecule is Cc1ccc(-n2nc(-c3c(C)nc4scc(CC(=O)NCc5cccnc5)n4c3=O)cc2C)c(C)c1. The van der Waals surface area contributed by atoms with Gasteiger partial charge < -0.3 is 5.32 Å². The zero-order valence-electron chi connectivity index (χ0n) is 20.6. The van der Waals surface area contributed by atoms with Gasteiger partial charge in [0, 0.05) is 35.7 Å². The largest absolute Gasteiger partial charge is 0.352 e. The summed E-state index contributed by atoms with van der Waals surface area (Å²) in [6, 6.07) is 11.8. The number of nitrogens with one attached hydrogen (secondary N) is 1. The molecule has 0 atom stereocenters. The van der Waals surface area contributed by atoms with E-state index in [-0.39, 0.29) is 17.9 Å². The topological polar surface area (TPSA) is 94.2 Å². The fourth-order valence-corrected chi connectivity index (χ4v) is 5.26. The van der Waals surface area contributed by atoms with Crippen molar-refractivity contribution in [1.82, 2.24) is 29.5 Å². The third-order valence-corrected chi connectivity index (χ3v) is 6.97. The number of carbonyl (C=O) groups is 1. The fourth-order valence-electron chi connectivity index (χ4n) is 4.34. The third kappa shape index (κ3) is 4.45. The summed E-state index contributed by atoms with van der Waals surface area (Å²) in [4.78, 5) is 35.6. The second kappa shape index (κ2) is 9.50. The zero-order chi connectivity index (χ0) is 25.4. The van der Waals surface area contributed by atoms with Gasteiger partial charge in [0.25, 0.3) is 5.56 Å². The molecule has 0 saturated heterocycles. The fraction of sp³-hybridized carbons (Fsp3) is 0.222. The first kappa shape index (κ1) is 23.6. The molecule has 0 unspecified atom stereocenters. The molecule has 36 heavy (non-hydrogen) atoms. The molecule has 9 heteroatoms. The van der Waals surface area contributed by atoms with Crippen molar-refractivity contribution in [2.45, 2.75) is 40.7 Å². The summed E-state index contributed by atoms with van der Waals surface area (Å²) < 4.78 is 3.39. The Kier molecular flexibility index (Phi) is 6.24. The Balaban J connectivity index is 1.49. The number of carbonyl (C=O) groups excluding carboxylic acids is 1. The monoisotopic (exact) mass is 498 g/mol. The van der Waals surface area contributed by atoms with Crippen molar-refractivity contribution in [2.24, 2.45) is 0 Å². The molecule has 0 bridgehead atoms. The highest BCUT2D eigenvalue weighted by molar-refractivity contribution is 7.15. The van der Waals surface area contributed by atoms with Crippen LogP contribution in [0.3, 0.4) is 0 Å². The lowest BCUT2D eigenvalue weighted by Crippen LogP contribution is -2.27. The van der Waals surface area contributed by atoms with Gasteiger partial charge in [-0.2, -0.15) is 5.10 Å². The zero-order valence-corrected chi connectivity index (χ0v) is 21.4. The first-order valence-electron chi connectivity index (χ1n) is 11.6. The number of hydrogen-bond donors (Lipinski definition) is 1. The van der Waals surface area contributed by atoms with E-state index in [0.717, 1.165) is 22.5 Å². The molecule has 5 aromatic rings. The molecule has 182 valence electrons. The van der Waals surface area contributed by atoms with Gasteiger partial charge in [0.15, 0.2) is 4.96 Å². The molecule has 0 aliphatic rings. The van der Waals surface area contributed by atoms with E-state index in [9.17, 15) is 9.59 Å². The number of aromatic nitrogens is 5. The maximum atomic E-state index is 13.7. The highest BCUT2D eigenvalue weighted by Crippen LogP contribution is 2.25. The van der Waals surface area contributed by atoms with Crippen molar-refractivity contribution in [1.29, 1.82) is 0 Å². The van der Waals surface area contributed by atoms with Gasteiger partial charge >= 0.3 is 0 Å². The average Bonchev–Trinajstić information content (AvgIpc) is 3.41. The molecule has 8 nitrogen and oxygen atoms in total. The molecule has 0 radical (unpaired) electrons. The van der Waals surface area contributed by atoms with Gasteiger partial charge in [-0.25, -0.2) is 9.67 Å². The minimum atomic E-state index is -0.223. The van der Waals surface area contributed by atoms with Crippen LogP contribution in [0.2, 0.25) is 0 Å². The van der Waals surface area contributed by atoms with Crippen molar-refractivity contribution in [2.75, 3.05) is 0 Å². The van der Waals surface area contributed by atoms with Gasteiger partial charge in [-0.1, -0.05) is 23.8 Å². The summed E-state index contributed by atoms with van der Waals surface area (Å²) in [5.41, 5.74) is 7.07. The van der Waals surface area contributed by atoms with Crippen LogP contribution in [-0.2, 0) is 17.8 Å². The van der Waals surface area contributed by atoms with Crippen molar-refractivity contribution in [3.05, 3.63) is 98.3 Å². The van der Waals surface area contributed by atoms with Gasteiger partial charge in [0.1, 0.15) is 5.69 Å². The molecule has 0 spiro atoms. The number of fused-ring (bicyclic) bond motifs is 1. The maximum absolute atomic E-state index is 13.7. The van der Waals surface area contributed by atoms with Crippen LogP contribution in [0.4, 0.5) is 0 Å². The van der Waals surface area contributed by atoms with E-state index in [1.807, 2.05) is 61.2 Å². The lowest BCUT2D eigenvalue weighted by atomic mass is 10.1. The molecule has 0 aliphatic heterocycles. The van der Waals surface area contributed by atoms with Crippen LogP contribution in [0.25, 0.3) is 21.9 Å². The highest BCUT2D eigenvalue weighted by atomic mass is 32.1. The van der Waals surface area contributed by atoms with Gasteiger partial charge in [0.05, 0.1) is 23.4 Å². The molecule has 0 fully saturated rings. The summed E-state index contributed by atoms with van der Waals surface area (Å²) in [6.45, 7) is 8.27. The van der Waals surface area contributed by atoms with Gasteiger partial charge in [-0.3, -0.25) is 19.0 Å². The predicted molar refractivity (Wildman–Crippen MR) is 141 cm³/mol. The van der Waals surface area contributed by atoms with E-state index >= 15 is 0 Å². The Labute approximate surface area is 212 Å². The minimum absolute atomic E-state index is 0.0698. The van der Waals surface area contributed by atoms with Crippen LogP contribution in [-0.4, -0.2) is 30.1 Å². The first-order chi connectivity index (χ1) is 17.3. The van der Waals surface area contributed by atoms with Gasteiger partial charge in [-0.05, 0) is 57.0 Å². The molecule has 1 amide bonds. The smallest absolute Gasteiger partial charge is 0.268 e. The Morgan fingerprint density at radius 1 is 1.11 bits per heavy atom. The van der Waals surface area contributed by atoms with Crippen molar-refractivity contribution >= 4 is 22.2 Å². The third-order valence-electron chi connectivity index (χ3n) is 6.10. The van der Waals surface area contributed by atoms with Crippen LogP contribution in [0.1, 0.15) is 33.8 Å². The lowest BCUT2D eigenvalue weighted by Gasteiger charge is -2.09. The van der Waals surface area contributed by atoms with E-state index in [0.29, 0.717) is 34.2 Å². The Morgan fingerprint density at radius 3 is 2.69 bits per heavy atom. The van der Waals surface area contributed by atoms with E-state index < -0.39 is 0 Å².